The lowest BCUT2D eigenvalue weighted by Gasteiger charge is -2.04. The maximum atomic E-state index is 9.12. The van der Waals surface area contributed by atoms with Crippen LogP contribution in [0.25, 0.3) is 5.65 Å². The monoisotopic (exact) mass is 233 g/mol. The van der Waals surface area contributed by atoms with Gasteiger partial charge in [0.05, 0.1) is 11.8 Å². The lowest BCUT2D eigenvalue weighted by Crippen LogP contribution is -2.16. The van der Waals surface area contributed by atoms with E-state index < -0.39 is 0 Å². The number of fused-ring (bicyclic) bond motifs is 1. The van der Waals surface area contributed by atoms with Gasteiger partial charge in [0.25, 0.3) is 0 Å². The van der Waals surface area contributed by atoms with Gasteiger partial charge in [-0.05, 0) is 38.4 Å². The Balaban J connectivity index is 1.79. The highest BCUT2D eigenvalue weighted by molar-refractivity contribution is 5.39. The van der Waals surface area contributed by atoms with Gasteiger partial charge in [0, 0.05) is 18.9 Å². The second-order valence-corrected chi connectivity index (χ2v) is 4.37. The van der Waals surface area contributed by atoms with Crippen LogP contribution in [0.1, 0.15) is 25.5 Å². The van der Waals surface area contributed by atoms with Crippen molar-refractivity contribution in [2.45, 2.75) is 32.4 Å². The highest BCUT2D eigenvalue weighted by Gasteiger charge is 2.00. The highest BCUT2D eigenvalue weighted by atomic mass is 16.3. The Morgan fingerprint density at radius 1 is 1.47 bits per heavy atom. The van der Waals surface area contributed by atoms with E-state index in [1.807, 2.05) is 41.9 Å². The first kappa shape index (κ1) is 12.1. The molecule has 0 aliphatic heterocycles. The maximum absolute atomic E-state index is 9.12. The molecule has 0 saturated carbocycles. The topological polar surface area (TPSA) is 49.6 Å². The average molecular weight is 233 g/mol. The van der Waals surface area contributed by atoms with Gasteiger partial charge < -0.3 is 14.8 Å². The molecule has 2 aromatic heterocycles. The third-order valence-electron chi connectivity index (χ3n) is 2.70. The van der Waals surface area contributed by atoms with Crippen molar-refractivity contribution in [3.8, 4) is 0 Å². The highest BCUT2D eigenvalue weighted by Crippen LogP contribution is 2.04. The number of hydrogen-bond donors (Lipinski definition) is 2. The van der Waals surface area contributed by atoms with Crippen LogP contribution in [0.5, 0.6) is 0 Å². The molecule has 2 aromatic rings. The van der Waals surface area contributed by atoms with Gasteiger partial charge in [-0.1, -0.05) is 6.07 Å². The van der Waals surface area contributed by atoms with Crippen molar-refractivity contribution in [1.82, 2.24) is 14.7 Å². The summed E-state index contributed by atoms with van der Waals surface area (Å²) in [6.07, 6.45) is 5.67. The molecule has 0 fully saturated rings. The van der Waals surface area contributed by atoms with E-state index in [1.165, 1.54) is 0 Å². The Morgan fingerprint density at radius 2 is 2.35 bits per heavy atom. The Morgan fingerprint density at radius 3 is 3.12 bits per heavy atom. The summed E-state index contributed by atoms with van der Waals surface area (Å²) in [6, 6.07) is 5.98. The normalized spacial score (nSPS) is 13.1. The second-order valence-electron chi connectivity index (χ2n) is 4.37. The summed E-state index contributed by atoms with van der Waals surface area (Å²) in [4.78, 5) is 4.50. The third-order valence-corrected chi connectivity index (χ3v) is 2.70. The summed E-state index contributed by atoms with van der Waals surface area (Å²) in [6.45, 7) is 3.52. The van der Waals surface area contributed by atoms with Gasteiger partial charge in [0.2, 0.25) is 0 Å². The molecule has 0 radical (unpaired) electrons. The quantitative estimate of drug-likeness (QED) is 0.745. The number of aliphatic hydroxyl groups excluding tert-OH is 1. The molecular weight excluding hydrogens is 214 g/mol. The van der Waals surface area contributed by atoms with Crippen LogP contribution < -0.4 is 5.32 Å². The lowest BCUT2D eigenvalue weighted by molar-refractivity contribution is 0.181. The van der Waals surface area contributed by atoms with Crippen LogP contribution >= 0.6 is 0 Å². The van der Waals surface area contributed by atoms with E-state index in [9.17, 15) is 0 Å². The van der Waals surface area contributed by atoms with Gasteiger partial charge in [-0.2, -0.15) is 0 Å². The number of rotatable bonds is 6. The molecule has 2 rings (SSSR count). The summed E-state index contributed by atoms with van der Waals surface area (Å²) < 4.78 is 2.02. The van der Waals surface area contributed by atoms with E-state index in [1.54, 1.807) is 0 Å². The van der Waals surface area contributed by atoms with Gasteiger partial charge in [0.15, 0.2) is 0 Å². The number of hydrogen-bond acceptors (Lipinski definition) is 3. The molecule has 0 amide bonds. The zero-order valence-corrected chi connectivity index (χ0v) is 10.1. The molecule has 0 aromatic carbocycles. The average Bonchev–Trinajstić information content (AvgIpc) is 2.70. The molecule has 0 spiro atoms. The summed E-state index contributed by atoms with van der Waals surface area (Å²) in [5.41, 5.74) is 2.03. The van der Waals surface area contributed by atoms with Crippen molar-refractivity contribution in [3.63, 3.8) is 0 Å². The minimum absolute atomic E-state index is 0.202. The zero-order chi connectivity index (χ0) is 12.1. The van der Waals surface area contributed by atoms with E-state index in [2.05, 4.69) is 10.3 Å². The number of nitrogens with zero attached hydrogens (tertiary/aromatic N) is 2. The van der Waals surface area contributed by atoms with E-state index >= 15 is 0 Å². The van der Waals surface area contributed by atoms with Gasteiger partial charge in [-0.15, -0.1) is 0 Å². The van der Waals surface area contributed by atoms with Crippen LogP contribution in [0.2, 0.25) is 0 Å². The fourth-order valence-corrected chi connectivity index (χ4v) is 1.81. The fourth-order valence-electron chi connectivity index (χ4n) is 1.81. The first-order valence-electron chi connectivity index (χ1n) is 6.07. The largest absolute Gasteiger partial charge is 0.393 e. The van der Waals surface area contributed by atoms with Crippen molar-refractivity contribution < 1.29 is 5.11 Å². The summed E-state index contributed by atoms with van der Waals surface area (Å²) in [5, 5.41) is 12.5. The minimum Gasteiger partial charge on any atom is -0.393 e. The predicted octanol–water partition coefficient (Wildman–Crippen LogP) is 1.58. The van der Waals surface area contributed by atoms with E-state index in [0.29, 0.717) is 0 Å². The molecule has 0 bridgehead atoms. The second kappa shape index (κ2) is 5.80. The molecule has 0 saturated heterocycles. The van der Waals surface area contributed by atoms with Gasteiger partial charge in [-0.25, -0.2) is 4.98 Å². The first-order valence-corrected chi connectivity index (χ1v) is 6.07. The Bertz CT molecular complexity index is 431. The molecule has 4 nitrogen and oxygen atoms in total. The standard InChI is InChI=1S/C13H19N3O/c1-11(17)5-4-7-14-9-12-10-16-8-3-2-6-13(16)15-12/h2-3,6,8,10-11,14,17H,4-5,7,9H2,1H3. The molecular formula is C13H19N3O. The van der Waals surface area contributed by atoms with Crippen LogP contribution in [-0.2, 0) is 6.54 Å². The van der Waals surface area contributed by atoms with Crippen LogP contribution in [0.15, 0.2) is 30.6 Å². The number of nitrogens with one attached hydrogen (secondary N) is 1. The molecule has 2 N–H and O–H groups in total. The van der Waals surface area contributed by atoms with Crippen molar-refractivity contribution in [3.05, 3.63) is 36.3 Å². The van der Waals surface area contributed by atoms with Crippen LogP contribution in [0.4, 0.5) is 0 Å². The van der Waals surface area contributed by atoms with E-state index in [4.69, 9.17) is 5.11 Å². The SMILES string of the molecule is CC(O)CCCNCc1cn2ccccc2n1. The molecule has 17 heavy (non-hydrogen) atoms. The molecule has 2 heterocycles. The molecule has 4 heteroatoms. The minimum atomic E-state index is -0.202. The van der Waals surface area contributed by atoms with Crippen molar-refractivity contribution in [2.75, 3.05) is 6.54 Å². The van der Waals surface area contributed by atoms with Crippen LogP contribution in [0, 0.1) is 0 Å². The van der Waals surface area contributed by atoms with Crippen molar-refractivity contribution in [1.29, 1.82) is 0 Å². The fraction of sp³-hybridized carbons (Fsp3) is 0.462. The number of aromatic nitrogens is 2. The molecule has 92 valence electrons. The van der Waals surface area contributed by atoms with Crippen molar-refractivity contribution in [2.24, 2.45) is 0 Å². The summed E-state index contributed by atoms with van der Waals surface area (Å²) in [7, 11) is 0. The van der Waals surface area contributed by atoms with Gasteiger partial charge >= 0.3 is 0 Å². The number of aliphatic hydroxyl groups is 1. The van der Waals surface area contributed by atoms with Gasteiger partial charge in [0.1, 0.15) is 5.65 Å². The molecule has 1 atom stereocenters. The summed E-state index contributed by atoms with van der Waals surface area (Å²) >= 11 is 0. The zero-order valence-electron chi connectivity index (χ0n) is 10.1. The molecule has 0 aliphatic carbocycles. The Labute approximate surface area is 101 Å². The first-order chi connectivity index (χ1) is 8.25. The predicted molar refractivity (Wildman–Crippen MR) is 67.8 cm³/mol. The molecule has 1 unspecified atom stereocenters. The lowest BCUT2D eigenvalue weighted by atomic mass is 10.2. The Kier molecular flexibility index (Phi) is 4.12. The number of pyridine rings is 1. The van der Waals surface area contributed by atoms with E-state index in [-0.39, 0.29) is 6.10 Å². The summed E-state index contributed by atoms with van der Waals surface area (Å²) in [5.74, 6) is 0. The van der Waals surface area contributed by atoms with Crippen LogP contribution in [-0.4, -0.2) is 27.1 Å². The maximum Gasteiger partial charge on any atom is 0.137 e. The number of imidazole rings is 1. The van der Waals surface area contributed by atoms with Crippen molar-refractivity contribution >= 4 is 5.65 Å². The van der Waals surface area contributed by atoms with Crippen LogP contribution in [0.3, 0.4) is 0 Å². The Hall–Kier alpha value is -1.39. The smallest absolute Gasteiger partial charge is 0.137 e. The molecule has 0 aliphatic rings. The van der Waals surface area contributed by atoms with E-state index in [0.717, 1.165) is 37.3 Å². The third kappa shape index (κ3) is 3.54. The van der Waals surface area contributed by atoms with Gasteiger partial charge in [-0.3, -0.25) is 0 Å².